The van der Waals surface area contributed by atoms with E-state index in [0.717, 1.165) is 16.9 Å². The molecule has 0 aliphatic carbocycles. The van der Waals surface area contributed by atoms with Crippen LogP contribution in [0.5, 0.6) is 5.75 Å². The van der Waals surface area contributed by atoms with Crippen LogP contribution in [-0.2, 0) is 6.54 Å². The van der Waals surface area contributed by atoms with Gasteiger partial charge in [-0.05, 0) is 29.7 Å². The Labute approximate surface area is 124 Å². The van der Waals surface area contributed by atoms with Crippen LogP contribution in [0.2, 0.25) is 0 Å². The normalized spacial score (nSPS) is 10.5. The first-order valence-electron chi connectivity index (χ1n) is 6.82. The fraction of sp³-hybridized carbons (Fsp3) is 0.312. The molecular weight excluding hydrogens is 266 g/mol. The maximum absolute atomic E-state index is 12.2. The SMILES string of the molecule is COc1ccc(C(=O)NCc2cncnc2)cc1C(C)C. The lowest BCUT2D eigenvalue weighted by Crippen LogP contribution is -2.23. The Balaban J connectivity index is 2.10. The van der Waals surface area contributed by atoms with Gasteiger partial charge in [0.05, 0.1) is 7.11 Å². The summed E-state index contributed by atoms with van der Waals surface area (Å²) in [5.41, 5.74) is 2.51. The fourth-order valence-electron chi connectivity index (χ4n) is 2.03. The fourth-order valence-corrected chi connectivity index (χ4v) is 2.03. The van der Waals surface area contributed by atoms with Crippen molar-refractivity contribution in [2.75, 3.05) is 7.11 Å². The largest absolute Gasteiger partial charge is 0.496 e. The molecule has 1 amide bonds. The van der Waals surface area contributed by atoms with Gasteiger partial charge in [-0.15, -0.1) is 0 Å². The Bertz CT molecular complexity index is 612. The van der Waals surface area contributed by atoms with Crippen LogP contribution in [0, 0.1) is 0 Å². The van der Waals surface area contributed by atoms with E-state index in [9.17, 15) is 4.79 Å². The predicted octanol–water partition coefficient (Wildman–Crippen LogP) is 2.54. The molecule has 21 heavy (non-hydrogen) atoms. The third kappa shape index (κ3) is 3.78. The summed E-state index contributed by atoms with van der Waals surface area (Å²) in [5.74, 6) is 0.969. The molecule has 1 aromatic heterocycles. The van der Waals surface area contributed by atoms with Crippen molar-refractivity contribution in [1.82, 2.24) is 15.3 Å². The molecule has 0 spiro atoms. The Kier molecular flexibility index (Phi) is 4.87. The summed E-state index contributed by atoms with van der Waals surface area (Å²) in [5, 5.41) is 2.86. The van der Waals surface area contributed by atoms with E-state index in [-0.39, 0.29) is 11.8 Å². The highest BCUT2D eigenvalue weighted by Gasteiger charge is 2.12. The van der Waals surface area contributed by atoms with Gasteiger partial charge in [0.15, 0.2) is 0 Å². The van der Waals surface area contributed by atoms with Gasteiger partial charge in [-0.1, -0.05) is 13.8 Å². The number of methoxy groups -OCH3 is 1. The quantitative estimate of drug-likeness (QED) is 0.917. The average Bonchev–Trinajstić information content (AvgIpc) is 2.52. The lowest BCUT2D eigenvalue weighted by molar-refractivity contribution is 0.0950. The number of rotatable bonds is 5. The highest BCUT2D eigenvalue weighted by molar-refractivity contribution is 5.94. The molecule has 0 saturated carbocycles. The third-order valence-electron chi connectivity index (χ3n) is 3.18. The minimum absolute atomic E-state index is 0.122. The first-order chi connectivity index (χ1) is 10.1. The molecule has 2 rings (SSSR count). The van der Waals surface area contributed by atoms with Crippen molar-refractivity contribution in [2.24, 2.45) is 0 Å². The smallest absolute Gasteiger partial charge is 0.251 e. The number of nitrogens with zero attached hydrogens (tertiary/aromatic N) is 2. The second kappa shape index (κ2) is 6.83. The highest BCUT2D eigenvalue weighted by atomic mass is 16.5. The van der Waals surface area contributed by atoms with Gasteiger partial charge in [0, 0.05) is 30.1 Å². The zero-order valence-corrected chi connectivity index (χ0v) is 12.5. The van der Waals surface area contributed by atoms with Crippen molar-refractivity contribution in [2.45, 2.75) is 26.3 Å². The van der Waals surface area contributed by atoms with E-state index in [2.05, 4.69) is 29.1 Å². The van der Waals surface area contributed by atoms with Crippen molar-refractivity contribution in [1.29, 1.82) is 0 Å². The molecule has 1 aromatic carbocycles. The molecule has 1 heterocycles. The minimum atomic E-state index is -0.122. The maximum Gasteiger partial charge on any atom is 0.251 e. The number of benzene rings is 1. The molecule has 0 bridgehead atoms. The van der Waals surface area contributed by atoms with Crippen molar-refractivity contribution < 1.29 is 9.53 Å². The van der Waals surface area contributed by atoms with Crippen molar-refractivity contribution in [3.05, 3.63) is 53.6 Å². The highest BCUT2D eigenvalue weighted by Crippen LogP contribution is 2.27. The molecule has 1 N–H and O–H groups in total. The van der Waals surface area contributed by atoms with Crippen LogP contribution >= 0.6 is 0 Å². The van der Waals surface area contributed by atoms with Crippen LogP contribution in [0.25, 0.3) is 0 Å². The van der Waals surface area contributed by atoms with E-state index < -0.39 is 0 Å². The van der Waals surface area contributed by atoms with Gasteiger partial charge in [0.1, 0.15) is 12.1 Å². The maximum atomic E-state index is 12.2. The zero-order valence-electron chi connectivity index (χ0n) is 12.5. The van der Waals surface area contributed by atoms with Gasteiger partial charge in [-0.3, -0.25) is 4.79 Å². The van der Waals surface area contributed by atoms with Gasteiger partial charge in [0.25, 0.3) is 5.91 Å². The van der Waals surface area contributed by atoms with Crippen LogP contribution in [-0.4, -0.2) is 23.0 Å². The van der Waals surface area contributed by atoms with E-state index in [0.29, 0.717) is 12.1 Å². The number of hydrogen-bond acceptors (Lipinski definition) is 4. The monoisotopic (exact) mass is 285 g/mol. The topological polar surface area (TPSA) is 64.1 Å². The van der Waals surface area contributed by atoms with E-state index in [1.165, 1.54) is 6.33 Å². The van der Waals surface area contributed by atoms with Gasteiger partial charge in [0.2, 0.25) is 0 Å². The minimum Gasteiger partial charge on any atom is -0.496 e. The van der Waals surface area contributed by atoms with Gasteiger partial charge in [-0.2, -0.15) is 0 Å². The number of carbonyl (C=O) groups is 1. The summed E-state index contributed by atoms with van der Waals surface area (Å²) in [4.78, 5) is 20.0. The molecule has 0 saturated heterocycles. The first-order valence-corrected chi connectivity index (χ1v) is 6.82. The average molecular weight is 285 g/mol. The first kappa shape index (κ1) is 15.0. The van der Waals surface area contributed by atoms with Crippen molar-refractivity contribution in [3.63, 3.8) is 0 Å². The summed E-state index contributed by atoms with van der Waals surface area (Å²) < 4.78 is 5.32. The lowest BCUT2D eigenvalue weighted by Gasteiger charge is -2.13. The number of carbonyl (C=O) groups excluding carboxylic acids is 1. The lowest BCUT2D eigenvalue weighted by atomic mass is 9.99. The molecular formula is C16H19N3O2. The summed E-state index contributed by atoms with van der Waals surface area (Å²) in [6.45, 7) is 4.55. The summed E-state index contributed by atoms with van der Waals surface area (Å²) in [6, 6.07) is 5.47. The molecule has 5 nitrogen and oxygen atoms in total. The summed E-state index contributed by atoms with van der Waals surface area (Å²) in [6.07, 6.45) is 4.82. The van der Waals surface area contributed by atoms with E-state index >= 15 is 0 Å². The molecule has 110 valence electrons. The van der Waals surface area contributed by atoms with E-state index in [1.54, 1.807) is 25.6 Å². The molecule has 5 heteroatoms. The summed E-state index contributed by atoms with van der Waals surface area (Å²) >= 11 is 0. The second-order valence-corrected chi connectivity index (χ2v) is 5.04. The van der Waals surface area contributed by atoms with Gasteiger partial charge < -0.3 is 10.1 Å². The van der Waals surface area contributed by atoms with E-state index in [4.69, 9.17) is 4.74 Å². The Morgan fingerprint density at radius 1 is 1.29 bits per heavy atom. The molecule has 2 aromatic rings. The number of amides is 1. The molecule has 0 radical (unpaired) electrons. The van der Waals surface area contributed by atoms with Crippen LogP contribution in [0.4, 0.5) is 0 Å². The van der Waals surface area contributed by atoms with Crippen LogP contribution in [0.1, 0.15) is 41.3 Å². The number of nitrogens with one attached hydrogen (secondary N) is 1. The van der Waals surface area contributed by atoms with Crippen LogP contribution in [0.3, 0.4) is 0 Å². The van der Waals surface area contributed by atoms with Crippen molar-refractivity contribution >= 4 is 5.91 Å². The van der Waals surface area contributed by atoms with Crippen LogP contribution in [0.15, 0.2) is 36.9 Å². The Morgan fingerprint density at radius 3 is 2.62 bits per heavy atom. The van der Waals surface area contributed by atoms with Gasteiger partial charge in [-0.25, -0.2) is 9.97 Å². The number of aromatic nitrogens is 2. The molecule has 0 aliphatic rings. The van der Waals surface area contributed by atoms with Gasteiger partial charge >= 0.3 is 0 Å². The number of ether oxygens (including phenoxy) is 1. The molecule has 0 unspecified atom stereocenters. The predicted molar refractivity (Wildman–Crippen MR) is 80.3 cm³/mol. The van der Waals surface area contributed by atoms with Crippen LogP contribution < -0.4 is 10.1 Å². The van der Waals surface area contributed by atoms with E-state index in [1.807, 2.05) is 12.1 Å². The zero-order chi connectivity index (χ0) is 15.2. The number of hydrogen-bond donors (Lipinski definition) is 1. The molecule has 0 atom stereocenters. The molecule has 0 fully saturated rings. The van der Waals surface area contributed by atoms with Crippen molar-refractivity contribution in [3.8, 4) is 5.75 Å². The third-order valence-corrected chi connectivity index (χ3v) is 3.18. The standard InChI is InChI=1S/C16H19N3O2/c1-11(2)14-6-13(4-5-15(14)21-3)16(20)19-9-12-7-17-10-18-8-12/h4-8,10-11H,9H2,1-3H3,(H,19,20). The summed E-state index contributed by atoms with van der Waals surface area (Å²) in [7, 11) is 1.64. The second-order valence-electron chi connectivity index (χ2n) is 5.04. The Hall–Kier alpha value is -2.43. The molecule has 0 aliphatic heterocycles. The Morgan fingerprint density at radius 2 is 2.00 bits per heavy atom.